The Kier molecular flexibility index (Phi) is 5.97. The maximum absolute atomic E-state index is 12.9. The number of aromatic nitrogens is 1. The number of amides is 1. The quantitative estimate of drug-likeness (QED) is 0.807. The van der Waals surface area contributed by atoms with Gasteiger partial charge in [0.2, 0.25) is 10.0 Å². The fourth-order valence-electron chi connectivity index (χ4n) is 3.07. The summed E-state index contributed by atoms with van der Waals surface area (Å²) in [7, 11) is -2.05. The van der Waals surface area contributed by atoms with Crippen molar-refractivity contribution in [2.45, 2.75) is 17.9 Å². The molecule has 2 aromatic rings. The van der Waals surface area contributed by atoms with Crippen LogP contribution in [0.5, 0.6) is 0 Å². The second-order valence-electron chi connectivity index (χ2n) is 6.70. The van der Waals surface area contributed by atoms with Crippen molar-refractivity contribution >= 4 is 21.6 Å². The molecule has 1 aliphatic heterocycles. The van der Waals surface area contributed by atoms with Crippen molar-refractivity contribution in [3.8, 4) is 0 Å². The summed E-state index contributed by atoms with van der Waals surface area (Å²) in [5, 5.41) is 5.13. The minimum atomic E-state index is -3.74. The number of primary sulfonamides is 1. The van der Waals surface area contributed by atoms with Crippen LogP contribution < -0.4 is 10.0 Å². The van der Waals surface area contributed by atoms with E-state index >= 15 is 0 Å². The van der Waals surface area contributed by atoms with Crippen LogP contribution in [0.15, 0.2) is 47.5 Å². The number of nitrogens with zero attached hydrogens (tertiary/aromatic N) is 3. The molecule has 1 fully saturated rings. The molecule has 1 saturated heterocycles. The number of morpholine rings is 1. The summed E-state index contributed by atoms with van der Waals surface area (Å²) >= 11 is 0. The molecule has 0 saturated carbocycles. The van der Waals surface area contributed by atoms with Crippen LogP contribution in [-0.2, 0) is 14.8 Å². The minimum Gasteiger partial charge on any atom is -0.378 e. The van der Waals surface area contributed by atoms with Crippen LogP contribution in [0, 0.1) is 0 Å². The van der Waals surface area contributed by atoms with Crippen molar-refractivity contribution in [3.63, 3.8) is 0 Å². The van der Waals surface area contributed by atoms with Crippen LogP contribution >= 0.6 is 0 Å². The van der Waals surface area contributed by atoms with Crippen molar-refractivity contribution in [2.75, 3.05) is 38.3 Å². The smallest absolute Gasteiger partial charge is 0.272 e. The molecule has 0 bridgehead atoms. The largest absolute Gasteiger partial charge is 0.378 e. The van der Waals surface area contributed by atoms with Gasteiger partial charge in [-0.1, -0.05) is 12.1 Å². The first kappa shape index (κ1) is 20.2. The van der Waals surface area contributed by atoms with Gasteiger partial charge in [0.1, 0.15) is 5.69 Å². The van der Waals surface area contributed by atoms with Gasteiger partial charge in [0.05, 0.1) is 24.2 Å². The topological polar surface area (TPSA) is 106 Å². The molecular weight excluding hydrogens is 380 g/mol. The summed E-state index contributed by atoms with van der Waals surface area (Å²) in [4.78, 5) is 20.9. The normalized spacial score (nSPS) is 15.9. The third-order valence-electron chi connectivity index (χ3n) is 4.93. The van der Waals surface area contributed by atoms with Crippen LogP contribution in [0.4, 0.5) is 5.69 Å². The van der Waals surface area contributed by atoms with Crippen LogP contribution in [0.1, 0.15) is 29.0 Å². The second kappa shape index (κ2) is 8.26. The first-order chi connectivity index (χ1) is 13.3. The molecule has 0 radical (unpaired) electrons. The Morgan fingerprint density at radius 2 is 1.86 bits per heavy atom. The van der Waals surface area contributed by atoms with Crippen molar-refractivity contribution in [2.24, 2.45) is 5.14 Å². The lowest BCUT2D eigenvalue weighted by molar-refractivity contribution is 0.0736. The van der Waals surface area contributed by atoms with E-state index in [1.54, 1.807) is 36.3 Å². The first-order valence-electron chi connectivity index (χ1n) is 8.96. The third kappa shape index (κ3) is 4.49. The molecule has 1 aromatic carbocycles. The Hall–Kier alpha value is -2.49. The third-order valence-corrected chi connectivity index (χ3v) is 5.86. The van der Waals surface area contributed by atoms with E-state index in [4.69, 9.17) is 9.88 Å². The number of benzene rings is 1. The molecule has 3 rings (SSSR count). The lowest BCUT2D eigenvalue weighted by atomic mass is 10.1. The molecule has 0 spiro atoms. The van der Waals surface area contributed by atoms with E-state index in [2.05, 4.69) is 9.88 Å². The van der Waals surface area contributed by atoms with Gasteiger partial charge in [-0.3, -0.25) is 9.78 Å². The predicted molar refractivity (Wildman–Crippen MR) is 106 cm³/mol. The SMILES string of the molecule is C[C@@H](c1ccc(S(N)(=O)=O)cc1)N(C)C(=O)c1cc(N2CCOCC2)ccn1. The number of hydrogen-bond acceptors (Lipinski definition) is 6. The highest BCUT2D eigenvalue weighted by atomic mass is 32.2. The van der Waals surface area contributed by atoms with E-state index in [9.17, 15) is 13.2 Å². The van der Waals surface area contributed by atoms with Crippen molar-refractivity contribution in [1.29, 1.82) is 0 Å². The van der Waals surface area contributed by atoms with Crippen molar-refractivity contribution in [3.05, 3.63) is 53.9 Å². The summed E-state index contributed by atoms with van der Waals surface area (Å²) in [5.41, 5.74) is 2.10. The number of ether oxygens (including phenoxy) is 1. The van der Waals surface area contributed by atoms with Gasteiger partial charge >= 0.3 is 0 Å². The zero-order chi connectivity index (χ0) is 20.3. The maximum Gasteiger partial charge on any atom is 0.272 e. The molecule has 150 valence electrons. The number of anilines is 1. The number of carbonyl (C=O) groups excluding carboxylic acids is 1. The van der Waals surface area contributed by atoms with E-state index in [1.807, 2.05) is 13.0 Å². The summed E-state index contributed by atoms with van der Waals surface area (Å²) in [5.74, 6) is -0.210. The monoisotopic (exact) mass is 404 g/mol. The lowest BCUT2D eigenvalue weighted by Crippen LogP contribution is -2.36. The molecular formula is C19H24N4O4S. The standard InChI is InChI=1S/C19H24N4O4S/c1-14(15-3-5-17(6-4-15)28(20,25)26)22(2)19(24)18-13-16(7-8-21-18)23-9-11-27-12-10-23/h3-8,13-14H,9-12H2,1-2H3,(H2,20,25,26)/t14-/m0/s1. The fraction of sp³-hybridized carbons (Fsp3) is 0.368. The number of carbonyl (C=O) groups is 1. The van der Waals surface area contributed by atoms with Gasteiger partial charge in [0.25, 0.3) is 5.91 Å². The van der Waals surface area contributed by atoms with E-state index in [1.165, 1.54) is 12.1 Å². The molecule has 1 atom stereocenters. The molecule has 28 heavy (non-hydrogen) atoms. The van der Waals surface area contributed by atoms with Crippen LogP contribution in [0.2, 0.25) is 0 Å². The van der Waals surface area contributed by atoms with E-state index in [0.29, 0.717) is 18.9 Å². The summed E-state index contributed by atoms with van der Waals surface area (Å²) < 4.78 is 28.2. The zero-order valence-electron chi connectivity index (χ0n) is 15.9. The average Bonchev–Trinajstić information content (AvgIpc) is 2.72. The molecule has 1 amide bonds. The zero-order valence-corrected chi connectivity index (χ0v) is 16.7. The number of nitrogens with two attached hydrogens (primary N) is 1. The van der Waals surface area contributed by atoms with Crippen LogP contribution in [-0.4, -0.2) is 57.6 Å². The lowest BCUT2D eigenvalue weighted by Gasteiger charge is -2.29. The predicted octanol–water partition coefficient (Wildman–Crippen LogP) is 1.40. The Morgan fingerprint density at radius 3 is 2.46 bits per heavy atom. The number of hydrogen-bond donors (Lipinski definition) is 1. The van der Waals surface area contributed by atoms with Gasteiger partial charge in [0, 0.05) is 32.0 Å². The minimum absolute atomic E-state index is 0.0392. The Balaban J connectivity index is 1.76. The van der Waals surface area contributed by atoms with E-state index < -0.39 is 10.0 Å². The molecule has 9 heteroatoms. The first-order valence-corrected chi connectivity index (χ1v) is 10.5. The molecule has 0 aliphatic carbocycles. The Morgan fingerprint density at radius 1 is 1.21 bits per heavy atom. The second-order valence-corrected chi connectivity index (χ2v) is 8.27. The molecule has 0 unspecified atom stereocenters. The van der Waals surface area contributed by atoms with Gasteiger partial charge in [-0.15, -0.1) is 0 Å². The number of sulfonamides is 1. The summed E-state index contributed by atoms with van der Waals surface area (Å²) in [6.07, 6.45) is 1.64. The number of rotatable bonds is 5. The van der Waals surface area contributed by atoms with Crippen LogP contribution in [0.3, 0.4) is 0 Å². The van der Waals surface area contributed by atoms with E-state index in [0.717, 1.165) is 24.3 Å². The van der Waals surface area contributed by atoms with Gasteiger partial charge < -0.3 is 14.5 Å². The molecule has 2 N–H and O–H groups in total. The molecule has 1 aliphatic rings. The maximum atomic E-state index is 12.9. The Labute approximate surface area is 165 Å². The molecule has 8 nitrogen and oxygen atoms in total. The van der Waals surface area contributed by atoms with Gasteiger partial charge in [0.15, 0.2) is 0 Å². The van der Waals surface area contributed by atoms with E-state index in [-0.39, 0.29) is 16.8 Å². The number of pyridine rings is 1. The highest BCUT2D eigenvalue weighted by Crippen LogP contribution is 2.23. The van der Waals surface area contributed by atoms with Crippen LogP contribution in [0.25, 0.3) is 0 Å². The van der Waals surface area contributed by atoms with Crippen molar-refractivity contribution in [1.82, 2.24) is 9.88 Å². The highest BCUT2D eigenvalue weighted by Gasteiger charge is 2.22. The van der Waals surface area contributed by atoms with Crippen molar-refractivity contribution < 1.29 is 17.9 Å². The average molecular weight is 404 g/mol. The van der Waals surface area contributed by atoms with Gasteiger partial charge in [-0.25, -0.2) is 13.6 Å². The summed E-state index contributed by atoms with van der Waals surface area (Å²) in [6, 6.07) is 9.61. The Bertz CT molecular complexity index is 941. The van der Waals surface area contributed by atoms with Gasteiger partial charge in [-0.2, -0.15) is 0 Å². The molecule has 2 heterocycles. The van der Waals surface area contributed by atoms with Gasteiger partial charge in [-0.05, 0) is 36.8 Å². The highest BCUT2D eigenvalue weighted by molar-refractivity contribution is 7.89. The fourth-order valence-corrected chi connectivity index (χ4v) is 3.59. The summed E-state index contributed by atoms with van der Waals surface area (Å²) in [6.45, 7) is 4.75. The molecule has 1 aromatic heterocycles.